The summed E-state index contributed by atoms with van der Waals surface area (Å²) < 4.78 is 20.9. The Morgan fingerprint density at radius 3 is 2.34 bits per heavy atom. The summed E-state index contributed by atoms with van der Waals surface area (Å²) in [5.74, 6) is 0.589. The fourth-order valence-corrected chi connectivity index (χ4v) is 2.45. The van der Waals surface area contributed by atoms with Gasteiger partial charge in [-0.15, -0.1) is 0 Å². The number of amides is 1. The Balaban J connectivity index is 2.01. The quantitative estimate of drug-likeness (QED) is 0.374. The summed E-state index contributed by atoms with van der Waals surface area (Å²) in [5, 5.41) is 15.0. The lowest BCUT2D eigenvalue weighted by molar-refractivity contribution is -0.385. The number of nitrogens with zero attached hydrogens (tertiary/aromatic N) is 2. The molecule has 0 saturated carbocycles. The smallest absolute Gasteiger partial charge is 0.312 e. The molecule has 0 aliphatic carbocycles. The topological polar surface area (TPSA) is 122 Å². The molecule has 0 saturated heterocycles. The number of carbonyl (C=O) groups excluding carboxylic acids is 1. The molecule has 0 atom stereocenters. The minimum absolute atomic E-state index is 0.0804. The van der Waals surface area contributed by atoms with E-state index in [1.54, 1.807) is 12.1 Å². The van der Waals surface area contributed by atoms with Gasteiger partial charge in [0, 0.05) is 16.7 Å². The number of hydrogen-bond acceptors (Lipinski definition) is 8. The van der Waals surface area contributed by atoms with Gasteiger partial charge in [0.15, 0.2) is 23.9 Å². The van der Waals surface area contributed by atoms with E-state index >= 15 is 0 Å². The van der Waals surface area contributed by atoms with E-state index in [1.165, 1.54) is 39.7 Å². The number of methoxy groups -OCH3 is 3. The van der Waals surface area contributed by atoms with E-state index < -0.39 is 17.4 Å². The molecule has 0 aromatic heterocycles. The average Bonchev–Trinajstić information content (AvgIpc) is 2.71. The highest BCUT2D eigenvalue weighted by Crippen LogP contribution is 2.37. The van der Waals surface area contributed by atoms with Crippen molar-refractivity contribution in [1.82, 2.24) is 5.43 Å². The van der Waals surface area contributed by atoms with Gasteiger partial charge < -0.3 is 18.9 Å². The molecule has 0 bridgehead atoms. The van der Waals surface area contributed by atoms with Crippen molar-refractivity contribution >= 4 is 29.4 Å². The number of nitro groups is 1. The number of halogens is 1. The molecule has 1 amide bonds. The van der Waals surface area contributed by atoms with Crippen LogP contribution in [0.15, 0.2) is 35.4 Å². The molecule has 0 fully saturated rings. The van der Waals surface area contributed by atoms with Gasteiger partial charge in [0.2, 0.25) is 5.75 Å². The van der Waals surface area contributed by atoms with Gasteiger partial charge in [-0.3, -0.25) is 14.9 Å². The summed E-state index contributed by atoms with van der Waals surface area (Å²) in [4.78, 5) is 22.2. The van der Waals surface area contributed by atoms with Crippen molar-refractivity contribution in [2.24, 2.45) is 5.10 Å². The van der Waals surface area contributed by atoms with Crippen LogP contribution in [-0.2, 0) is 4.79 Å². The molecule has 2 aromatic rings. The SMILES string of the molecule is COc1cc(C=NNC(=O)COc2ccc(Cl)cc2[N+](=O)[O-])cc(OC)c1OC. The lowest BCUT2D eigenvalue weighted by Crippen LogP contribution is -2.24. The van der Waals surface area contributed by atoms with Crippen LogP contribution >= 0.6 is 11.6 Å². The van der Waals surface area contributed by atoms with Crippen LogP contribution in [0, 0.1) is 10.1 Å². The van der Waals surface area contributed by atoms with Crippen LogP contribution in [0.3, 0.4) is 0 Å². The highest BCUT2D eigenvalue weighted by molar-refractivity contribution is 6.30. The molecule has 0 aliphatic rings. The predicted octanol–water partition coefficient (Wildman–Crippen LogP) is 2.80. The molecule has 154 valence electrons. The second-order valence-corrected chi connectivity index (χ2v) is 5.85. The number of nitro benzene ring substituents is 1. The van der Waals surface area contributed by atoms with Gasteiger partial charge in [-0.2, -0.15) is 5.10 Å². The molecule has 1 N–H and O–H groups in total. The molecule has 10 nitrogen and oxygen atoms in total. The Kier molecular flexibility index (Phi) is 7.61. The van der Waals surface area contributed by atoms with Crippen LogP contribution in [0.2, 0.25) is 5.02 Å². The maximum atomic E-state index is 11.9. The highest BCUT2D eigenvalue weighted by Gasteiger charge is 2.17. The summed E-state index contributed by atoms with van der Waals surface area (Å²) in [6, 6.07) is 7.16. The third-order valence-corrected chi connectivity index (χ3v) is 3.80. The van der Waals surface area contributed by atoms with Crippen LogP contribution in [0.1, 0.15) is 5.56 Å². The van der Waals surface area contributed by atoms with Gasteiger partial charge in [-0.1, -0.05) is 11.6 Å². The fourth-order valence-electron chi connectivity index (χ4n) is 2.29. The number of carbonyl (C=O) groups is 1. The van der Waals surface area contributed by atoms with Gasteiger partial charge in [-0.25, -0.2) is 5.43 Å². The maximum absolute atomic E-state index is 11.9. The molecular weight excluding hydrogens is 406 g/mol. The molecule has 0 unspecified atom stereocenters. The zero-order chi connectivity index (χ0) is 21.4. The highest BCUT2D eigenvalue weighted by atomic mass is 35.5. The van der Waals surface area contributed by atoms with Crippen LogP contribution in [0.5, 0.6) is 23.0 Å². The van der Waals surface area contributed by atoms with E-state index in [9.17, 15) is 14.9 Å². The molecule has 0 heterocycles. The molecule has 0 spiro atoms. The lowest BCUT2D eigenvalue weighted by Gasteiger charge is -2.12. The predicted molar refractivity (Wildman–Crippen MR) is 105 cm³/mol. The molecular formula is C18H18ClN3O7. The number of hydrazone groups is 1. The minimum atomic E-state index is -0.651. The average molecular weight is 424 g/mol. The molecule has 11 heteroatoms. The Labute approximate surface area is 171 Å². The van der Waals surface area contributed by atoms with Crippen LogP contribution in [0.25, 0.3) is 0 Å². The van der Waals surface area contributed by atoms with Crippen LogP contribution in [0.4, 0.5) is 5.69 Å². The zero-order valence-electron chi connectivity index (χ0n) is 15.8. The molecule has 0 aliphatic heterocycles. The van der Waals surface area contributed by atoms with Gasteiger partial charge in [0.05, 0.1) is 32.5 Å². The summed E-state index contributed by atoms with van der Waals surface area (Å²) >= 11 is 5.73. The van der Waals surface area contributed by atoms with Gasteiger partial charge in [-0.05, 0) is 24.3 Å². The number of ether oxygens (including phenoxy) is 4. The van der Waals surface area contributed by atoms with Crippen molar-refractivity contribution in [3.63, 3.8) is 0 Å². The summed E-state index contributed by atoms with van der Waals surface area (Å²) in [6.45, 7) is -0.477. The molecule has 2 rings (SSSR count). The van der Waals surface area contributed by atoms with Crippen molar-refractivity contribution in [1.29, 1.82) is 0 Å². The number of nitrogens with one attached hydrogen (secondary N) is 1. The lowest BCUT2D eigenvalue weighted by atomic mass is 10.2. The van der Waals surface area contributed by atoms with Crippen molar-refractivity contribution < 1.29 is 28.7 Å². The monoisotopic (exact) mass is 423 g/mol. The zero-order valence-corrected chi connectivity index (χ0v) is 16.6. The van der Waals surface area contributed by atoms with Crippen molar-refractivity contribution in [2.75, 3.05) is 27.9 Å². The first-order chi connectivity index (χ1) is 13.9. The van der Waals surface area contributed by atoms with Gasteiger partial charge in [0.25, 0.3) is 5.91 Å². The van der Waals surface area contributed by atoms with Crippen LogP contribution in [-0.4, -0.2) is 45.0 Å². The maximum Gasteiger partial charge on any atom is 0.312 e. The van der Waals surface area contributed by atoms with Crippen molar-refractivity contribution in [2.45, 2.75) is 0 Å². The molecule has 29 heavy (non-hydrogen) atoms. The van der Waals surface area contributed by atoms with E-state index in [-0.39, 0.29) is 16.5 Å². The van der Waals surface area contributed by atoms with Crippen molar-refractivity contribution in [3.05, 3.63) is 51.0 Å². The third-order valence-electron chi connectivity index (χ3n) is 3.57. The molecule has 0 radical (unpaired) electrons. The first-order valence-corrected chi connectivity index (χ1v) is 8.46. The Morgan fingerprint density at radius 1 is 1.14 bits per heavy atom. The van der Waals surface area contributed by atoms with Gasteiger partial charge >= 0.3 is 5.69 Å². The van der Waals surface area contributed by atoms with Crippen molar-refractivity contribution in [3.8, 4) is 23.0 Å². The second kappa shape index (κ2) is 10.1. The molecule has 2 aromatic carbocycles. The number of hydrogen-bond donors (Lipinski definition) is 1. The first-order valence-electron chi connectivity index (χ1n) is 8.08. The normalized spacial score (nSPS) is 10.5. The summed E-state index contributed by atoms with van der Waals surface area (Å²) in [6.07, 6.45) is 1.37. The van der Waals surface area contributed by atoms with Gasteiger partial charge in [0.1, 0.15) is 0 Å². The van der Waals surface area contributed by atoms with Crippen LogP contribution < -0.4 is 24.4 Å². The fraction of sp³-hybridized carbons (Fsp3) is 0.222. The summed E-state index contributed by atoms with van der Waals surface area (Å²) in [7, 11) is 4.44. The van der Waals surface area contributed by atoms with E-state index in [2.05, 4.69) is 10.5 Å². The Morgan fingerprint density at radius 2 is 1.79 bits per heavy atom. The second-order valence-electron chi connectivity index (χ2n) is 5.41. The third kappa shape index (κ3) is 5.72. The standard InChI is InChI=1S/C18H18ClN3O7/c1-26-15-6-11(7-16(27-2)18(15)28-3)9-20-21-17(23)10-29-14-5-4-12(19)8-13(14)22(24)25/h4-9H,10H2,1-3H3,(H,21,23). The number of rotatable bonds is 9. The summed E-state index contributed by atoms with van der Waals surface area (Å²) in [5.41, 5.74) is 2.50. The first kappa shape index (κ1) is 21.8. The minimum Gasteiger partial charge on any atom is -0.493 e. The Bertz CT molecular complexity index is 909. The van der Waals surface area contributed by atoms with E-state index in [1.807, 2.05) is 0 Å². The Hall–Kier alpha value is -3.53. The number of benzene rings is 2. The van der Waals surface area contributed by atoms with E-state index in [0.717, 1.165) is 6.07 Å². The largest absolute Gasteiger partial charge is 0.493 e. The van der Waals surface area contributed by atoms with E-state index in [4.69, 9.17) is 30.5 Å². The van der Waals surface area contributed by atoms with E-state index in [0.29, 0.717) is 22.8 Å².